The van der Waals surface area contributed by atoms with Gasteiger partial charge in [-0.25, -0.2) is 9.79 Å². The van der Waals surface area contributed by atoms with Gasteiger partial charge in [-0.3, -0.25) is 14.2 Å². The number of thiazole rings is 1. The first kappa shape index (κ1) is 28.0. The molecule has 9 heteroatoms. The predicted molar refractivity (Wildman–Crippen MR) is 158 cm³/mol. The van der Waals surface area contributed by atoms with E-state index >= 15 is 0 Å². The Bertz CT molecular complexity index is 1850. The summed E-state index contributed by atoms with van der Waals surface area (Å²) in [6, 6.07) is 17.7. The largest absolute Gasteiger partial charge is 0.496 e. The summed E-state index contributed by atoms with van der Waals surface area (Å²) in [5.74, 6) is 0.0663. The summed E-state index contributed by atoms with van der Waals surface area (Å²) in [5, 5.41) is 1.82. The quantitative estimate of drug-likeness (QED) is 0.226. The Labute approximate surface area is 240 Å². The predicted octanol–water partition coefficient (Wildman–Crippen LogP) is 4.67. The van der Waals surface area contributed by atoms with Gasteiger partial charge < -0.3 is 14.2 Å². The van der Waals surface area contributed by atoms with Gasteiger partial charge in [-0.2, -0.15) is 0 Å². The number of methoxy groups -OCH3 is 1. The summed E-state index contributed by atoms with van der Waals surface area (Å²) in [6.45, 7) is 5.31. The van der Waals surface area contributed by atoms with Gasteiger partial charge in [0.15, 0.2) is 4.80 Å². The minimum Gasteiger partial charge on any atom is -0.496 e. The molecular formula is C32H30N2O6S. The highest BCUT2D eigenvalue weighted by Crippen LogP contribution is 2.41. The summed E-state index contributed by atoms with van der Waals surface area (Å²) in [7, 11) is 1.58. The van der Waals surface area contributed by atoms with Crippen molar-refractivity contribution in [1.29, 1.82) is 0 Å². The third-order valence-corrected chi connectivity index (χ3v) is 7.74. The molecule has 0 N–H and O–H groups in total. The molecule has 4 aromatic rings. The molecule has 5 rings (SSSR count). The van der Waals surface area contributed by atoms with E-state index in [1.807, 2.05) is 43.3 Å². The molecular weight excluding hydrogens is 540 g/mol. The fraction of sp³-hybridized carbons (Fsp3) is 0.250. The fourth-order valence-electron chi connectivity index (χ4n) is 5.08. The van der Waals surface area contributed by atoms with Gasteiger partial charge >= 0.3 is 11.9 Å². The van der Waals surface area contributed by atoms with E-state index < -0.39 is 18.0 Å². The molecule has 1 aromatic heterocycles. The zero-order valence-corrected chi connectivity index (χ0v) is 24.1. The van der Waals surface area contributed by atoms with E-state index in [2.05, 4.69) is 0 Å². The molecule has 2 heterocycles. The molecule has 210 valence electrons. The highest BCUT2D eigenvalue weighted by Gasteiger charge is 2.37. The van der Waals surface area contributed by atoms with Crippen LogP contribution in [0.3, 0.4) is 0 Å². The maximum atomic E-state index is 14.1. The first-order valence-corrected chi connectivity index (χ1v) is 14.2. The zero-order valence-electron chi connectivity index (χ0n) is 23.3. The summed E-state index contributed by atoms with van der Waals surface area (Å²) < 4.78 is 18.5. The molecule has 0 spiro atoms. The Morgan fingerprint density at radius 3 is 2.49 bits per heavy atom. The molecule has 0 bridgehead atoms. The van der Waals surface area contributed by atoms with Crippen LogP contribution in [0.2, 0.25) is 0 Å². The fourth-order valence-corrected chi connectivity index (χ4v) is 6.10. The maximum absolute atomic E-state index is 14.1. The van der Waals surface area contributed by atoms with Crippen molar-refractivity contribution < 1.29 is 23.8 Å². The number of fused-ring (bicyclic) bond motifs is 2. The van der Waals surface area contributed by atoms with Crippen molar-refractivity contribution in [3.05, 3.63) is 103 Å². The number of benzene rings is 3. The lowest BCUT2D eigenvalue weighted by Crippen LogP contribution is -2.40. The molecule has 41 heavy (non-hydrogen) atoms. The molecule has 1 aliphatic rings. The third-order valence-electron chi connectivity index (χ3n) is 6.76. The third kappa shape index (κ3) is 5.45. The molecule has 0 saturated heterocycles. The van der Waals surface area contributed by atoms with Crippen LogP contribution in [-0.2, 0) is 14.3 Å². The lowest BCUT2D eigenvalue weighted by Gasteiger charge is -2.28. The number of carbonyl (C=O) groups is 2. The van der Waals surface area contributed by atoms with Crippen LogP contribution in [0.5, 0.6) is 11.5 Å². The average Bonchev–Trinajstić information content (AvgIpc) is 3.27. The normalized spacial score (nSPS) is 14.9. The first-order chi connectivity index (χ1) is 19.9. The van der Waals surface area contributed by atoms with Crippen LogP contribution in [0.1, 0.15) is 50.8 Å². The smallest absolute Gasteiger partial charge is 0.338 e. The van der Waals surface area contributed by atoms with Crippen molar-refractivity contribution >= 4 is 40.1 Å². The van der Waals surface area contributed by atoms with Gasteiger partial charge in [0, 0.05) is 12.5 Å². The molecule has 0 saturated carbocycles. The second kappa shape index (κ2) is 11.9. The Balaban J connectivity index is 1.80. The van der Waals surface area contributed by atoms with Crippen molar-refractivity contribution in [1.82, 2.24) is 4.57 Å². The number of hydrogen-bond donors (Lipinski definition) is 0. The van der Waals surface area contributed by atoms with E-state index in [9.17, 15) is 14.4 Å². The van der Waals surface area contributed by atoms with E-state index in [4.69, 9.17) is 19.2 Å². The number of hydrogen-bond acceptors (Lipinski definition) is 8. The van der Waals surface area contributed by atoms with Crippen LogP contribution in [-0.4, -0.2) is 30.2 Å². The molecule has 3 aromatic carbocycles. The van der Waals surface area contributed by atoms with Gasteiger partial charge in [0.25, 0.3) is 5.56 Å². The number of carbonyl (C=O) groups excluding carboxylic acids is 2. The van der Waals surface area contributed by atoms with Gasteiger partial charge in [0.05, 0.1) is 29.5 Å². The van der Waals surface area contributed by atoms with Gasteiger partial charge in [-0.15, -0.1) is 0 Å². The average molecular weight is 571 g/mol. The van der Waals surface area contributed by atoms with Gasteiger partial charge in [-0.1, -0.05) is 67.1 Å². The van der Waals surface area contributed by atoms with E-state index in [1.54, 1.807) is 48.9 Å². The Hall–Kier alpha value is -4.50. The molecule has 1 aliphatic heterocycles. The Morgan fingerprint density at radius 2 is 1.80 bits per heavy atom. The molecule has 0 amide bonds. The Kier molecular flexibility index (Phi) is 8.16. The number of nitrogens with zero attached hydrogens (tertiary/aromatic N) is 2. The monoisotopic (exact) mass is 570 g/mol. The standard InChI is InChI=1S/C32H30N2O6S/c1-5-9-24-28(31(37)39-6-2)29(27-23-11-8-7-10-21(23)14-17-25(27)38-4)34-30(36)26(41-32(34)33-24)18-20-12-15-22(16-13-20)40-19(3)35/h7-8,10-18,29H,5-6,9H2,1-4H3/b26-18-. The van der Waals surface area contributed by atoms with Gasteiger partial charge in [0.2, 0.25) is 0 Å². The molecule has 0 fully saturated rings. The summed E-state index contributed by atoms with van der Waals surface area (Å²) in [6.07, 6.45) is 3.07. The van der Waals surface area contributed by atoms with Crippen LogP contribution in [0.4, 0.5) is 0 Å². The second-order valence-electron chi connectivity index (χ2n) is 9.48. The van der Waals surface area contributed by atoms with E-state index in [1.165, 1.54) is 18.3 Å². The van der Waals surface area contributed by atoms with Crippen LogP contribution in [0.15, 0.2) is 81.7 Å². The van der Waals surface area contributed by atoms with Crippen molar-refractivity contribution in [2.75, 3.05) is 13.7 Å². The van der Waals surface area contributed by atoms with Gasteiger partial charge in [0.1, 0.15) is 17.5 Å². The molecule has 0 aliphatic carbocycles. The first-order valence-electron chi connectivity index (χ1n) is 13.4. The van der Waals surface area contributed by atoms with E-state index in [0.29, 0.717) is 44.1 Å². The van der Waals surface area contributed by atoms with Gasteiger partial charge in [-0.05, 0) is 54.0 Å². The highest BCUT2D eigenvalue weighted by molar-refractivity contribution is 7.07. The van der Waals surface area contributed by atoms with Crippen LogP contribution >= 0.6 is 11.3 Å². The van der Waals surface area contributed by atoms with E-state index in [-0.39, 0.29) is 12.2 Å². The number of ether oxygens (including phenoxy) is 3. The van der Waals surface area contributed by atoms with Crippen LogP contribution < -0.4 is 24.4 Å². The lowest BCUT2D eigenvalue weighted by molar-refractivity contribution is -0.139. The highest BCUT2D eigenvalue weighted by atomic mass is 32.1. The number of rotatable bonds is 8. The Morgan fingerprint density at radius 1 is 1.05 bits per heavy atom. The van der Waals surface area contributed by atoms with Crippen molar-refractivity contribution in [2.24, 2.45) is 4.99 Å². The summed E-state index contributed by atoms with van der Waals surface area (Å²) >= 11 is 1.26. The van der Waals surface area contributed by atoms with Crippen LogP contribution in [0.25, 0.3) is 16.8 Å². The lowest BCUT2D eigenvalue weighted by atomic mass is 9.90. The number of esters is 2. The molecule has 8 nitrogen and oxygen atoms in total. The van der Waals surface area contributed by atoms with Crippen molar-refractivity contribution in [2.45, 2.75) is 39.7 Å². The maximum Gasteiger partial charge on any atom is 0.338 e. The summed E-state index contributed by atoms with van der Waals surface area (Å²) in [5.41, 5.74) is 2.12. The number of aromatic nitrogens is 1. The molecule has 1 unspecified atom stereocenters. The van der Waals surface area contributed by atoms with E-state index in [0.717, 1.165) is 22.8 Å². The van der Waals surface area contributed by atoms with Crippen LogP contribution in [0, 0.1) is 0 Å². The minimum atomic E-state index is -0.804. The molecule has 1 atom stereocenters. The minimum absolute atomic E-state index is 0.189. The summed E-state index contributed by atoms with van der Waals surface area (Å²) in [4.78, 5) is 44.3. The molecule has 0 radical (unpaired) electrons. The SMILES string of the molecule is CCCC1=C(C(=O)OCC)C(c2c(OC)ccc3ccccc23)n2c(s/c(=C\c3ccc(OC(C)=O)cc3)c2=O)=N1. The second-order valence-corrected chi connectivity index (χ2v) is 10.5. The van der Waals surface area contributed by atoms with Crippen molar-refractivity contribution in [3.63, 3.8) is 0 Å². The van der Waals surface area contributed by atoms with Crippen molar-refractivity contribution in [3.8, 4) is 11.5 Å². The number of allylic oxidation sites excluding steroid dienone is 1. The zero-order chi connectivity index (χ0) is 29.1. The topological polar surface area (TPSA) is 96.2 Å².